The highest BCUT2D eigenvalue weighted by molar-refractivity contribution is 7.89. The molecule has 12 heteroatoms. The number of sulfonamides is 1. The van der Waals surface area contributed by atoms with Crippen molar-refractivity contribution in [2.24, 2.45) is 21.2 Å². The SMILES string of the molecule is COC(=O)CC1(C(=O)Nc2ccc(-c3ccccc3S(N)(=O)=O)cc2)CC(c2cccc(/C=N/N)c2)=NO1. The molecule has 0 radical (unpaired) electrons. The number of nitrogens with zero attached hydrogens (tertiary/aromatic N) is 2. The Morgan fingerprint density at radius 2 is 1.84 bits per heavy atom. The minimum Gasteiger partial charge on any atom is -0.469 e. The lowest BCUT2D eigenvalue weighted by atomic mass is 9.89. The quantitative estimate of drug-likeness (QED) is 0.172. The molecule has 0 saturated carbocycles. The van der Waals surface area contributed by atoms with E-state index in [0.29, 0.717) is 28.1 Å². The second-order valence-electron chi connectivity index (χ2n) is 8.53. The van der Waals surface area contributed by atoms with E-state index in [9.17, 15) is 18.0 Å². The summed E-state index contributed by atoms with van der Waals surface area (Å²) >= 11 is 0. The Morgan fingerprint density at radius 3 is 2.53 bits per heavy atom. The van der Waals surface area contributed by atoms with Crippen LogP contribution in [-0.4, -0.2) is 44.9 Å². The van der Waals surface area contributed by atoms with E-state index in [0.717, 1.165) is 5.56 Å². The highest BCUT2D eigenvalue weighted by Crippen LogP contribution is 2.33. The molecule has 4 rings (SSSR count). The van der Waals surface area contributed by atoms with Gasteiger partial charge < -0.3 is 20.7 Å². The summed E-state index contributed by atoms with van der Waals surface area (Å²) in [7, 11) is -2.71. The number of ether oxygens (including phenoxy) is 1. The smallest absolute Gasteiger partial charge is 0.310 e. The van der Waals surface area contributed by atoms with Gasteiger partial charge in [-0.1, -0.05) is 53.7 Å². The van der Waals surface area contributed by atoms with Crippen molar-refractivity contribution in [3.8, 4) is 11.1 Å². The maximum absolute atomic E-state index is 13.4. The zero-order valence-corrected chi connectivity index (χ0v) is 21.1. The van der Waals surface area contributed by atoms with Crippen molar-refractivity contribution in [2.45, 2.75) is 23.3 Å². The summed E-state index contributed by atoms with van der Waals surface area (Å²) in [5.74, 6) is 4.00. The standard InChI is InChI=1S/C26H25N5O6S/c1-36-24(32)15-26(14-22(31-37-26)19-6-4-5-17(13-19)16-29-27)25(33)30-20-11-9-18(10-12-20)21-7-2-3-8-23(21)38(28,34)35/h2-13,16H,14-15,27H2,1H3,(H,30,33)(H2,28,34,35)/b29-16+. The van der Waals surface area contributed by atoms with Crippen LogP contribution in [0.25, 0.3) is 11.1 Å². The van der Waals surface area contributed by atoms with Crippen molar-refractivity contribution in [3.05, 3.63) is 83.9 Å². The molecule has 38 heavy (non-hydrogen) atoms. The molecule has 0 aliphatic carbocycles. The fourth-order valence-electron chi connectivity index (χ4n) is 4.05. The van der Waals surface area contributed by atoms with Crippen molar-refractivity contribution in [2.75, 3.05) is 12.4 Å². The van der Waals surface area contributed by atoms with E-state index in [-0.39, 0.29) is 17.7 Å². The van der Waals surface area contributed by atoms with E-state index in [4.69, 9.17) is 20.6 Å². The molecule has 1 aliphatic rings. The van der Waals surface area contributed by atoms with Gasteiger partial charge in [0.25, 0.3) is 5.91 Å². The highest BCUT2D eigenvalue weighted by atomic mass is 32.2. The Hall–Kier alpha value is -4.55. The van der Waals surface area contributed by atoms with Gasteiger partial charge in [0, 0.05) is 23.2 Å². The Kier molecular flexibility index (Phi) is 7.55. The Bertz CT molecular complexity index is 1540. The molecule has 1 atom stereocenters. The number of oxime groups is 1. The van der Waals surface area contributed by atoms with Crippen LogP contribution >= 0.6 is 0 Å². The van der Waals surface area contributed by atoms with Crippen molar-refractivity contribution in [1.29, 1.82) is 0 Å². The van der Waals surface area contributed by atoms with Crippen molar-refractivity contribution < 1.29 is 27.6 Å². The number of esters is 1. The molecule has 0 fully saturated rings. The monoisotopic (exact) mass is 535 g/mol. The zero-order chi connectivity index (χ0) is 27.3. The van der Waals surface area contributed by atoms with Gasteiger partial charge in [-0.3, -0.25) is 9.59 Å². The number of nitrogens with one attached hydrogen (secondary N) is 1. The molecule has 0 spiro atoms. The van der Waals surface area contributed by atoms with E-state index in [1.54, 1.807) is 66.7 Å². The minimum absolute atomic E-state index is 0.0109. The number of primary sulfonamides is 1. The molecular weight excluding hydrogens is 510 g/mol. The number of hydrogen-bond donors (Lipinski definition) is 3. The molecule has 3 aromatic rings. The fourth-order valence-corrected chi connectivity index (χ4v) is 4.81. The van der Waals surface area contributed by atoms with Crippen LogP contribution < -0.4 is 16.3 Å². The number of amides is 1. The Labute approximate surface area is 219 Å². The van der Waals surface area contributed by atoms with E-state index < -0.39 is 27.5 Å². The third kappa shape index (κ3) is 5.71. The van der Waals surface area contributed by atoms with Crippen LogP contribution in [-0.2, 0) is 29.2 Å². The summed E-state index contributed by atoms with van der Waals surface area (Å²) in [4.78, 5) is 31.2. The number of nitrogens with two attached hydrogens (primary N) is 2. The molecule has 0 bridgehead atoms. The van der Waals surface area contributed by atoms with Gasteiger partial charge in [-0.2, -0.15) is 5.10 Å². The molecule has 5 N–H and O–H groups in total. The van der Waals surface area contributed by atoms with Crippen molar-refractivity contribution >= 4 is 39.5 Å². The summed E-state index contributed by atoms with van der Waals surface area (Å²) in [5, 5.41) is 15.7. The van der Waals surface area contributed by atoms with Gasteiger partial charge in [0.15, 0.2) is 0 Å². The first-order chi connectivity index (χ1) is 18.1. The lowest BCUT2D eigenvalue weighted by Crippen LogP contribution is -2.45. The number of carbonyl (C=O) groups is 2. The number of carbonyl (C=O) groups excluding carboxylic acids is 2. The summed E-state index contributed by atoms with van der Waals surface area (Å²) in [6, 6.07) is 20.0. The average molecular weight is 536 g/mol. The van der Waals surface area contributed by atoms with Crippen LogP contribution in [0.5, 0.6) is 0 Å². The predicted octanol–water partition coefficient (Wildman–Crippen LogP) is 2.36. The zero-order valence-electron chi connectivity index (χ0n) is 20.3. The molecule has 3 aromatic carbocycles. The van der Waals surface area contributed by atoms with Crippen LogP contribution in [0.3, 0.4) is 0 Å². The highest BCUT2D eigenvalue weighted by Gasteiger charge is 2.49. The van der Waals surface area contributed by atoms with Crippen molar-refractivity contribution in [1.82, 2.24) is 0 Å². The summed E-state index contributed by atoms with van der Waals surface area (Å²) in [6.45, 7) is 0. The number of benzene rings is 3. The van der Waals surface area contributed by atoms with Crippen molar-refractivity contribution in [3.63, 3.8) is 0 Å². The van der Waals surface area contributed by atoms with E-state index in [2.05, 4.69) is 15.6 Å². The van der Waals surface area contributed by atoms with E-state index in [1.807, 2.05) is 0 Å². The van der Waals surface area contributed by atoms with Gasteiger partial charge in [-0.15, -0.1) is 0 Å². The van der Waals surface area contributed by atoms with Gasteiger partial charge in [-0.05, 0) is 35.4 Å². The predicted molar refractivity (Wildman–Crippen MR) is 142 cm³/mol. The minimum atomic E-state index is -3.93. The summed E-state index contributed by atoms with van der Waals surface area (Å²) in [6.07, 6.45) is 1.11. The maximum Gasteiger partial charge on any atom is 0.310 e. The van der Waals surface area contributed by atoms with Gasteiger partial charge in [0.1, 0.15) is 0 Å². The molecule has 1 heterocycles. The van der Waals surface area contributed by atoms with Crippen LogP contribution in [0.1, 0.15) is 24.0 Å². The van der Waals surface area contributed by atoms with Crippen LogP contribution in [0.15, 0.2) is 87.9 Å². The lowest BCUT2D eigenvalue weighted by molar-refractivity contribution is -0.155. The second-order valence-corrected chi connectivity index (χ2v) is 10.1. The first-order valence-corrected chi connectivity index (χ1v) is 12.9. The number of anilines is 1. The molecule has 196 valence electrons. The molecule has 1 unspecified atom stereocenters. The second kappa shape index (κ2) is 10.8. The summed E-state index contributed by atoms with van der Waals surface area (Å²) < 4.78 is 28.7. The topological polar surface area (TPSA) is 176 Å². The first kappa shape index (κ1) is 26.5. The summed E-state index contributed by atoms with van der Waals surface area (Å²) in [5.41, 5.74) is 1.64. The normalized spacial score (nSPS) is 17.1. The van der Waals surface area contributed by atoms with Crippen LogP contribution in [0.4, 0.5) is 5.69 Å². The first-order valence-electron chi connectivity index (χ1n) is 11.3. The van der Waals surface area contributed by atoms with Gasteiger partial charge in [0.05, 0.1) is 30.4 Å². The molecule has 11 nitrogen and oxygen atoms in total. The van der Waals surface area contributed by atoms with E-state index in [1.165, 1.54) is 19.4 Å². The van der Waals surface area contributed by atoms with E-state index >= 15 is 0 Å². The van der Waals surface area contributed by atoms with Crippen LogP contribution in [0.2, 0.25) is 0 Å². The Morgan fingerprint density at radius 1 is 1.11 bits per heavy atom. The molecule has 1 amide bonds. The Balaban J connectivity index is 1.57. The average Bonchev–Trinajstić information content (AvgIpc) is 3.34. The molecule has 0 aromatic heterocycles. The van der Waals surface area contributed by atoms with Crippen LogP contribution in [0, 0.1) is 0 Å². The number of rotatable bonds is 8. The maximum atomic E-state index is 13.4. The number of hydrogen-bond acceptors (Lipinski definition) is 9. The third-order valence-electron chi connectivity index (χ3n) is 5.95. The number of methoxy groups -OCH3 is 1. The van der Waals surface area contributed by atoms with Gasteiger partial charge in [0.2, 0.25) is 15.6 Å². The lowest BCUT2D eigenvalue weighted by Gasteiger charge is -2.24. The third-order valence-corrected chi connectivity index (χ3v) is 6.91. The van der Waals surface area contributed by atoms with Gasteiger partial charge >= 0.3 is 5.97 Å². The number of hydrazone groups is 1. The molecule has 0 saturated heterocycles. The fraction of sp³-hybridized carbons (Fsp3) is 0.154. The molecule has 1 aliphatic heterocycles. The largest absolute Gasteiger partial charge is 0.469 e. The molecular formula is C26H25N5O6S. The van der Waals surface area contributed by atoms with Gasteiger partial charge in [-0.25, -0.2) is 13.6 Å².